The van der Waals surface area contributed by atoms with Gasteiger partial charge in [0.2, 0.25) is 0 Å². The zero-order valence-corrected chi connectivity index (χ0v) is 18.6. The molecular weight excluding hydrogens is 468 g/mol. The molecule has 1 aromatic heterocycles. The lowest BCUT2D eigenvalue weighted by atomic mass is 10.1. The molecule has 2 N–H and O–H groups in total. The lowest BCUT2D eigenvalue weighted by molar-refractivity contribution is -0.141. The van der Waals surface area contributed by atoms with Gasteiger partial charge in [0, 0.05) is 38.1 Å². The predicted octanol–water partition coefficient (Wildman–Crippen LogP) is 1.94. The summed E-state index contributed by atoms with van der Waals surface area (Å²) in [4.78, 5) is 23.5. The SMILES string of the molecule is O=C(C(O)c1c(F)cccc1F)N1CCN(c2ccc(S(=O)(=O)Nc3ccncn3)cc2)CC1. The molecule has 4 rings (SSSR count). The van der Waals surface area contributed by atoms with Crippen molar-refractivity contribution in [2.24, 2.45) is 0 Å². The van der Waals surface area contributed by atoms with Gasteiger partial charge >= 0.3 is 0 Å². The monoisotopic (exact) mass is 489 g/mol. The average Bonchev–Trinajstić information content (AvgIpc) is 2.84. The van der Waals surface area contributed by atoms with E-state index in [0.717, 1.165) is 23.9 Å². The summed E-state index contributed by atoms with van der Waals surface area (Å²) in [6, 6.07) is 10.8. The summed E-state index contributed by atoms with van der Waals surface area (Å²) >= 11 is 0. The van der Waals surface area contributed by atoms with Crippen LogP contribution >= 0.6 is 0 Å². The maximum Gasteiger partial charge on any atom is 0.263 e. The van der Waals surface area contributed by atoms with Gasteiger partial charge in [0.05, 0.1) is 10.5 Å². The highest BCUT2D eigenvalue weighted by Crippen LogP contribution is 2.25. The highest BCUT2D eigenvalue weighted by molar-refractivity contribution is 7.92. The second-order valence-electron chi connectivity index (χ2n) is 7.54. The van der Waals surface area contributed by atoms with Crippen molar-refractivity contribution in [3.8, 4) is 0 Å². The number of carbonyl (C=O) groups excluding carboxylic acids is 1. The first-order valence-corrected chi connectivity index (χ1v) is 11.8. The maximum absolute atomic E-state index is 13.9. The quantitative estimate of drug-likeness (QED) is 0.544. The number of hydrogen-bond donors (Lipinski definition) is 2. The number of aromatic nitrogens is 2. The normalized spacial score (nSPS) is 15.1. The molecule has 3 aromatic rings. The molecule has 0 radical (unpaired) electrons. The van der Waals surface area contributed by atoms with Crippen LogP contribution in [-0.2, 0) is 14.8 Å². The molecule has 178 valence electrons. The molecule has 2 aromatic carbocycles. The molecule has 0 saturated carbocycles. The maximum atomic E-state index is 13.9. The molecule has 0 aliphatic carbocycles. The van der Waals surface area contributed by atoms with E-state index in [-0.39, 0.29) is 23.8 Å². The lowest BCUT2D eigenvalue weighted by Gasteiger charge is -2.37. The van der Waals surface area contributed by atoms with Crippen LogP contribution in [-0.4, -0.2) is 60.5 Å². The van der Waals surface area contributed by atoms with Gasteiger partial charge in [0.1, 0.15) is 23.8 Å². The van der Waals surface area contributed by atoms with Crippen molar-refractivity contribution in [2.75, 3.05) is 35.8 Å². The zero-order valence-electron chi connectivity index (χ0n) is 17.8. The van der Waals surface area contributed by atoms with Gasteiger partial charge in [0.25, 0.3) is 15.9 Å². The van der Waals surface area contributed by atoms with Crippen molar-refractivity contribution in [1.82, 2.24) is 14.9 Å². The minimum Gasteiger partial charge on any atom is -0.378 e. The number of piperazine rings is 1. The van der Waals surface area contributed by atoms with E-state index in [1.807, 2.05) is 4.90 Å². The number of rotatable bonds is 6. The fourth-order valence-electron chi connectivity index (χ4n) is 3.64. The van der Waals surface area contributed by atoms with Crippen LogP contribution in [0.15, 0.2) is 66.0 Å². The molecule has 1 aliphatic rings. The van der Waals surface area contributed by atoms with Crippen LogP contribution in [0.2, 0.25) is 0 Å². The molecule has 0 spiro atoms. The molecule has 2 heterocycles. The predicted molar refractivity (Wildman–Crippen MR) is 119 cm³/mol. The van der Waals surface area contributed by atoms with Gasteiger partial charge in [-0.2, -0.15) is 0 Å². The summed E-state index contributed by atoms with van der Waals surface area (Å²) in [5, 5.41) is 10.2. The highest BCUT2D eigenvalue weighted by atomic mass is 32.2. The van der Waals surface area contributed by atoms with E-state index in [2.05, 4.69) is 14.7 Å². The fourth-order valence-corrected chi connectivity index (χ4v) is 4.65. The first kappa shape index (κ1) is 23.5. The number of halogens is 2. The number of nitrogens with zero attached hydrogens (tertiary/aromatic N) is 4. The van der Waals surface area contributed by atoms with E-state index in [0.29, 0.717) is 13.1 Å². The molecule has 1 amide bonds. The number of nitrogens with one attached hydrogen (secondary N) is 1. The summed E-state index contributed by atoms with van der Waals surface area (Å²) in [6.07, 6.45) is 0.723. The van der Waals surface area contributed by atoms with Crippen LogP contribution in [0, 0.1) is 11.6 Å². The molecule has 0 bridgehead atoms. The Kier molecular flexibility index (Phi) is 6.70. The van der Waals surface area contributed by atoms with Gasteiger partial charge in [0.15, 0.2) is 6.10 Å². The minimum atomic E-state index is -3.82. The van der Waals surface area contributed by atoms with Crippen molar-refractivity contribution >= 4 is 27.4 Å². The molecular formula is C22H21F2N5O4S. The highest BCUT2D eigenvalue weighted by Gasteiger charge is 2.31. The van der Waals surface area contributed by atoms with E-state index < -0.39 is 39.2 Å². The summed E-state index contributed by atoms with van der Waals surface area (Å²) in [7, 11) is -3.82. The molecule has 9 nitrogen and oxygen atoms in total. The Balaban J connectivity index is 1.38. The van der Waals surface area contributed by atoms with Crippen LogP contribution in [0.1, 0.15) is 11.7 Å². The van der Waals surface area contributed by atoms with Gasteiger partial charge in [-0.25, -0.2) is 27.2 Å². The summed E-state index contributed by atoms with van der Waals surface area (Å²) in [5.41, 5.74) is 0.0797. The Bertz CT molecular complexity index is 1250. The van der Waals surface area contributed by atoms with E-state index in [1.54, 1.807) is 12.1 Å². The van der Waals surface area contributed by atoms with E-state index in [1.165, 1.54) is 35.6 Å². The Hall–Kier alpha value is -3.64. The Morgan fingerprint density at radius 3 is 2.24 bits per heavy atom. The van der Waals surface area contributed by atoms with Crippen molar-refractivity contribution in [3.63, 3.8) is 0 Å². The van der Waals surface area contributed by atoms with Gasteiger partial charge in [-0.15, -0.1) is 0 Å². The van der Waals surface area contributed by atoms with Gasteiger partial charge in [-0.1, -0.05) is 6.07 Å². The van der Waals surface area contributed by atoms with Crippen LogP contribution < -0.4 is 9.62 Å². The first-order chi connectivity index (χ1) is 16.3. The Morgan fingerprint density at radius 1 is 1.00 bits per heavy atom. The number of anilines is 2. The third-order valence-corrected chi connectivity index (χ3v) is 6.80. The number of aliphatic hydroxyl groups is 1. The number of amides is 1. The minimum absolute atomic E-state index is 0.0544. The summed E-state index contributed by atoms with van der Waals surface area (Å²) < 4.78 is 55.3. The molecule has 1 saturated heterocycles. The summed E-state index contributed by atoms with van der Waals surface area (Å²) in [5.74, 6) is -2.59. The molecule has 1 fully saturated rings. The number of hydrogen-bond acceptors (Lipinski definition) is 7. The number of aliphatic hydroxyl groups excluding tert-OH is 1. The second-order valence-corrected chi connectivity index (χ2v) is 9.23. The second kappa shape index (κ2) is 9.69. The number of benzene rings is 2. The van der Waals surface area contributed by atoms with Crippen LogP contribution in [0.3, 0.4) is 0 Å². The van der Waals surface area contributed by atoms with E-state index >= 15 is 0 Å². The molecule has 12 heteroatoms. The van der Waals surface area contributed by atoms with Gasteiger partial charge < -0.3 is 14.9 Å². The third kappa shape index (κ3) is 4.97. The summed E-state index contributed by atoms with van der Waals surface area (Å²) in [6.45, 7) is 1.23. The van der Waals surface area contributed by atoms with E-state index in [9.17, 15) is 27.1 Å². The standard InChI is InChI=1S/C22H21F2N5O4S/c23-17-2-1-3-18(24)20(17)21(30)22(31)29-12-10-28(11-13-29)15-4-6-16(7-5-15)34(32,33)27-19-8-9-25-14-26-19/h1-9,14,21,30H,10-13H2,(H,25,26,27). The van der Waals surface area contributed by atoms with Crippen LogP contribution in [0.5, 0.6) is 0 Å². The molecule has 1 unspecified atom stereocenters. The van der Waals surface area contributed by atoms with Gasteiger partial charge in [-0.05, 0) is 42.5 Å². The molecule has 1 aliphatic heterocycles. The zero-order chi connectivity index (χ0) is 24.3. The number of sulfonamides is 1. The van der Waals surface area contributed by atoms with Crippen molar-refractivity contribution in [3.05, 3.63) is 78.3 Å². The number of carbonyl (C=O) groups is 1. The van der Waals surface area contributed by atoms with E-state index in [4.69, 9.17) is 0 Å². The van der Waals surface area contributed by atoms with Crippen LogP contribution in [0.25, 0.3) is 0 Å². The molecule has 1 atom stereocenters. The largest absolute Gasteiger partial charge is 0.378 e. The lowest BCUT2D eigenvalue weighted by Crippen LogP contribution is -2.50. The Morgan fingerprint density at radius 2 is 1.65 bits per heavy atom. The van der Waals surface area contributed by atoms with Crippen LogP contribution in [0.4, 0.5) is 20.3 Å². The third-order valence-electron chi connectivity index (χ3n) is 5.43. The fraction of sp³-hybridized carbons (Fsp3) is 0.227. The van der Waals surface area contributed by atoms with Crippen molar-refractivity contribution in [1.29, 1.82) is 0 Å². The van der Waals surface area contributed by atoms with Crippen molar-refractivity contribution in [2.45, 2.75) is 11.0 Å². The van der Waals surface area contributed by atoms with Gasteiger partial charge in [-0.3, -0.25) is 9.52 Å². The van der Waals surface area contributed by atoms with Crippen molar-refractivity contribution < 1.29 is 27.1 Å². The molecule has 34 heavy (non-hydrogen) atoms. The smallest absolute Gasteiger partial charge is 0.263 e. The topological polar surface area (TPSA) is 116 Å². The Labute approximate surface area is 194 Å². The first-order valence-electron chi connectivity index (χ1n) is 10.3. The average molecular weight is 490 g/mol.